The van der Waals surface area contributed by atoms with Crippen molar-refractivity contribution in [3.8, 4) is 11.5 Å². The Kier molecular flexibility index (Phi) is 3.98. The second-order valence-electron chi connectivity index (χ2n) is 7.13. The predicted molar refractivity (Wildman–Crippen MR) is 84.0 cm³/mol. The molecule has 0 unspecified atom stereocenters. The molecule has 1 atom stereocenters. The summed E-state index contributed by atoms with van der Waals surface area (Å²) in [5.41, 5.74) is -0.312. The zero-order valence-electron chi connectivity index (χ0n) is 13.7. The number of hydrogen-bond donors (Lipinski definition) is 1. The predicted octanol–water partition coefficient (Wildman–Crippen LogP) is 2.86. The van der Waals surface area contributed by atoms with Gasteiger partial charge in [-0.1, -0.05) is 19.9 Å². The van der Waals surface area contributed by atoms with E-state index >= 15 is 0 Å². The first-order valence-corrected chi connectivity index (χ1v) is 7.80. The SMILES string of the molecule is CC1(C)CN(Cc2nnc(-c3cccc(F)c3)o2)CC[C@]1(C)O. The molecular formula is C17H22FN3O2. The zero-order chi connectivity index (χ0) is 16.7. The summed E-state index contributed by atoms with van der Waals surface area (Å²) in [6, 6.07) is 6.10. The maximum absolute atomic E-state index is 13.3. The molecule has 6 heteroatoms. The van der Waals surface area contributed by atoms with Crippen LogP contribution in [0.5, 0.6) is 0 Å². The minimum Gasteiger partial charge on any atom is -0.419 e. The van der Waals surface area contributed by atoms with Crippen LogP contribution in [0.1, 0.15) is 33.1 Å². The molecule has 1 aliphatic rings. The van der Waals surface area contributed by atoms with Crippen LogP contribution in [-0.2, 0) is 6.54 Å². The van der Waals surface area contributed by atoms with Gasteiger partial charge >= 0.3 is 0 Å². The van der Waals surface area contributed by atoms with Crippen molar-refractivity contribution in [1.82, 2.24) is 15.1 Å². The van der Waals surface area contributed by atoms with Crippen molar-refractivity contribution >= 4 is 0 Å². The van der Waals surface area contributed by atoms with E-state index in [1.807, 2.05) is 6.92 Å². The molecule has 0 spiro atoms. The monoisotopic (exact) mass is 319 g/mol. The van der Waals surface area contributed by atoms with Crippen LogP contribution < -0.4 is 0 Å². The number of likely N-dealkylation sites (tertiary alicyclic amines) is 1. The lowest BCUT2D eigenvalue weighted by atomic mass is 9.71. The average molecular weight is 319 g/mol. The van der Waals surface area contributed by atoms with E-state index < -0.39 is 5.60 Å². The highest BCUT2D eigenvalue weighted by molar-refractivity contribution is 5.52. The zero-order valence-corrected chi connectivity index (χ0v) is 13.7. The van der Waals surface area contributed by atoms with Gasteiger partial charge in [0.1, 0.15) is 5.82 Å². The molecular weight excluding hydrogens is 297 g/mol. The van der Waals surface area contributed by atoms with Gasteiger partial charge in [-0.2, -0.15) is 0 Å². The van der Waals surface area contributed by atoms with Crippen LogP contribution in [0.25, 0.3) is 11.5 Å². The quantitative estimate of drug-likeness (QED) is 0.942. The number of benzene rings is 1. The number of aliphatic hydroxyl groups is 1. The first kappa shape index (κ1) is 16.1. The second kappa shape index (κ2) is 5.69. The van der Waals surface area contributed by atoms with Gasteiger partial charge in [0.25, 0.3) is 0 Å². The van der Waals surface area contributed by atoms with E-state index in [-0.39, 0.29) is 11.2 Å². The molecule has 1 fully saturated rings. The first-order valence-electron chi connectivity index (χ1n) is 7.80. The van der Waals surface area contributed by atoms with E-state index in [2.05, 4.69) is 28.9 Å². The van der Waals surface area contributed by atoms with Crippen LogP contribution in [0.3, 0.4) is 0 Å². The molecule has 5 nitrogen and oxygen atoms in total. The van der Waals surface area contributed by atoms with Crippen LogP contribution in [-0.4, -0.2) is 38.9 Å². The largest absolute Gasteiger partial charge is 0.419 e. The molecule has 23 heavy (non-hydrogen) atoms. The van der Waals surface area contributed by atoms with Crippen molar-refractivity contribution in [3.05, 3.63) is 36.0 Å². The van der Waals surface area contributed by atoms with Gasteiger partial charge in [-0.3, -0.25) is 4.90 Å². The van der Waals surface area contributed by atoms with Crippen LogP contribution in [0.4, 0.5) is 4.39 Å². The minimum atomic E-state index is -0.676. The molecule has 1 aromatic heterocycles. The van der Waals surface area contributed by atoms with Crippen molar-refractivity contribution in [1.29, 1.82) is 0 Å². The molecule has 2 aromatic rings. The standard InChI is InChI=1S/C17H22FN3O2/c1-16(2)11-21(8-7-17(16,3)22)10-14-19-20-15(23-14)12-5-4-6-13(18)9-12/h4-6,9,22H,7-8,10-11H2,1-3H3/t17-/m0/s1. The minimum absolute atomic E-state index is 0.212. The molecule has 1 saturated heterocycles. The Labute approximate surface area is 135 Å². The fourth-order valence-electron chi connectivity index (χ4n) is 2.90. The van der Waals surface area contributed by atoms with Crippen molar-refractivity contribution in [2.24, 2.45) is 5.41 Å². The van der Waals surface area contributed by atoms with Crippen LogP contribution in [0.15, 0.2) is 28.7 Å². The summed E-state index contributed by atoms with van der Waals surface area (Å²) in [4.78, 5) is 2.20. The molecule has 0 bridgehead atoms. The van der Waals surface area contributed by atoms with Gasteiger partial charge in [-0.05, 0) is 31.5 Å². The lowest BCUT2D eigenvalue weighted by Crippen LogP contribution is -2.55. The third kappa shape index (κ3) is 3.28. The highest BCUT2D eigenvalue weighted by Gasteiger charge is 2.44. The van der Waals surface area contributed by atoms with Crippen LogP contribution >= 0.6 is 0 Å². The normalized spacial score (nSPS) is 24.7. The molecule has 0 aliphatic carbocycles. The third-order valence-corrected chi connectivity index (χ3v) is 4.89. The van der Waals surface area contributed by atoms with Gasteiger partial charge in [0.15, 0.2) is 0 Å². The summed E-state index contributed by atoms with van der Waals surface area (Å²) >= 11 is 0. The number of piperidine rings is 1. The summed E-state index contributed by atoms with van der Waals surface area (Å²) in [5.74, 6) is 0.492. The van der Waals surface area contributed by atoms with E-state index in [1.165, 1.54) is 12.1 Å². The molecule has 0 saturated carbocycles. The average Bonchev–Trinajstić information content (AvgIpc) is 2.92. The van der Waals surface area contributed by atoms with Gasteiger partial charge < -0.3 is 9.52 Å². The molecule has 124 valence electrons. The van der Waals surface area contributed by atoms with Crippen molar-refractivity contribution in [3.63, 3.8) is 0 Å². The smallest absolute Gasteiger partial charge is 0.247 e. The van der Waals surface area contributed by atoms with Crippen molar-refractivity contribution in [2.75, 3.05) is 13.1 Å². The molecule has 1 aliphatic heterocycles. The Balaban J connectivity index is 1.71. The van der Waals surface area contributed by atoms with Crippen molar-refractivity contribution < 1.29 is 13.9 Å². The first-order chi connectivity index (χ1) is 10.8. The van der Waals surface area contributed by atoms with Gasteiger partial charge in [0.05, 0.1) is 12.1 Å². The van der Waals surface area contributed by atoms with Crippen LogP contribution in [0, 0.1) is 11.2 Å². The summed E-state index contributed by atoms with van der Waals surface area (Å²) < 4.78 is 18.9. The van der Waals surface area contributed by atoms with Gasteiger partial charge in [0, 0.05) is 24.1 Å². The Morgan fingerprint density at radius 1 is 1.30 bits per heavy atom. The van der Waals surface area contributed by atoms with Crippen molar-refractivity contribution in [2.45, 2.75) is 39.3 Å². The number of hydrogen-bond acceptors (Lipinski definition) is 5. The molecule has 1 N–H and O–H groups in total. The van der Waals surface area contributed by atoms with Gasteiger partial charge in [0.2, 0.25) is 11.8 Å². The fourth-order valence-corrected chi connectivity index (χ4v) is 2.90. The Morgan fingerprint density at radius 3 is 2.78 bits per heavy atom. The lowest BCUT2D eigenvalue weighted by molar-refractivity contribution is -0.108. The summed E-state index contributed by atoms with van der Waals surface area (Å²) in [6.45, 7) is 8.06. The van der Waals surface area contributed by atoms with E-state index in [1.54, 1.807) is 12.1 Å². The van der Waals surface area contributed by atoms with E-state index in [4.69, 9.17) is 4.42 Å². The van der Waals surface area contributed by atoms with E-state index in [0.717, 1.165) is 13.1 Å². The van der Waals surface area contributed by atoms with E-state index in [9.17, 15) is 9.50 Å². The number of aromatic nitrogens is 2. The Hall–Kier alpha value is -1.79. The summed E-state index contributed by atoms with van der Waals surface area (Å²) in [7, 11) is 0. The molecule has 3 rings (SSSR count). The summed E-state index contributed by atoms with van der Waals surface area (Å²) in [5, 5.41) is 18.5. The molecule has 1 aromatic carbocycles. The van der Waals surface area contributed by atoms with Gasteiger partial charge in [-0.25, -0.2) is 4.39 Å². The van der Waals surface area contributed by atoms with Gasteiger partial charge in [-0.15, -0.1) is 10.2 Å². The lowest BCUT2D eigenvalue weighted by Gasteiger charge is -2.48. The number of rotatable bonds is 3. The Morgan fingerprint density at radius 2 is 2.09 bits per heavy atom. The topological polar surface area (TPSA) is 62.4 Å². The summed E-state index contributed by atoms with van der Waals surface area (Å²) in [6.07, 6.45) is 0.699. The van der Waals surface area contributed by atoms with E-state index in [0.29, 0.717) is 30.3 Å². The maximum atomic E-state index is 13.3. The number of halogens is 1. The molecule has 2 heterocycles. The third-order valence-electron chi connectivity index (χ3n) is 4.89. The molecule has 0 radical (unpaired) electrons. The molecule has 0 amide bonds. The maximum Gasteiger partial charge on any atom is 0.247 e. The Bertz CT molecular complexity index is 697. The second-order valence-corrected chi connectivity index (χ2v) is 7.13. The highest BCUT2D eigenvalue weighted by atomic mass is 19.1. The number of nitrogens with zero attached hydrogens (tertiary/aromatic N) is 3. The fraction of sp³-hybridized carbons (Fsp3) is 0.529. The van der Waals surface area contributed by atoms with Crippen LogP contribution in [0.2, 0.25) is 0 Å². The highest BCUT2D eigenvalue weighted by Crippen LogP contribution is 2.38.